The van der Waals surface area contributed by atoms with Crippen LogP contribution in [0.5, 0.6) is 0 Å². The number of nitrogens with one attached hydrogen (secondary N) is 3. The molecule has 3 aliphatic rings. The summed E-state index contributed by atoms with van der Waals surface area (Å²) >= 11 is 1.94. The fourth-order valence-corrected chi connectivity index (χ4v) is 5.10. The molecule has 1 saturated heterocycles. The van der Waals surface area contributed by atoms with Gasteiger partial charge in [0, 0.05) is 42.7 Å². The normalized spacial score (nSPS) is 18.4. The molecular formula is C31H54N6O2S. The molecule has 1 unspecified atom stereocenters. The van der Waals surface area contributed by atoms with Crippen LogP contribution in [0.25, 0.3) is 6.08 Å². The van der Waals surface area contributed by atoms with Gasteiger partial charge in [-0.25, -0.2) is 4.98 Å². The Labute approximate surface area is 247 Å². The first kappa shape index (κ1) is 37.2. The predicted octanol–water partition coefficient (Wildman–Crippen LogP) is 5.80. The minimum absolute atomic E-state index is 0.173. The van der Waals surface area contributed by atoms with Crippen LogP contribution in [0.4, 0.5) is 0 Å². The molecule has 1 atom stereocenters. The lowest BCUT2D eigenvalue weighted by molar-refractivity contribution is -0.120. The number of likely N-dealkylation sites (tertiary alicyclic amines) is 1. The van der Waals surface area contributed by atoms with E-state index in [0.29, 0.717) is 17.0 Å². The number of carbonyl (C=O) groups excluding carboxylic acids is 2. The Kier molecular flexibility index (Phi) is 19.6. The van der Waals surface area contributed by atoms with E-state index in [1.54, 1.807) is 6.08 Å². The lowest BCUT2D eigenvalue weighted by Crippen LogP contribution is -2.32. The van der Waals surface area contributed by atoms with Gasteiger partial charge in [0.1, 0.15) is 0 Å². The summed E-state index contributed by atoms with van der Waals surface area (Å²) in [5, 5.41) is 13.7. The van der Waals surface area contributed by atoms with Gasteiger partial charge in [-0.1, -0.05) is 40.7 Å². The molecule has 0 radical (unpaired) electrons. The molecule has 9 heteroatoms. The van der Waals surface area contributed by atoms with Crippen molar-refractivity contribution < 1.29 is 9.59 Å². The Hall–Kier alpha value is -2.78. The second-order valence-electron chi connectivity index (χ2n) is 10.2. The summed E-state index contributed by atoms with van der Waals surface area (Å²) in [7, 11) is 3.75. The molecule has 40 heavy (non-hydrogen) atoms. The summed E-state index contributed by atoms with van der Waals surface area (Å²) in [6, 6.07) is 0. The maximum Gasteiger partial charge on any atom is 0.221 e. The third-order valence-corrected chi connectivity index (χ3v) is 7.77. The van der Waals surface area contributed by atoms with Crippen LogP contribution >= 0.6 is 11.3 Å². The van der Waals surface area contributed by atoms with E-state index in [2.05, 4.69) is 36.6 Å². The quantitative estimate of drug-likeness (QED) is 0.194. The summed E-state index contributed by atoms with van der Waals surface area (Å²) < 4.78 is 0. The van der Waals surface area contributed by atoms with E-state index >= 15 is 0 Å². The molecule has 2 heterocycles. The van der Waals surface area contributed by atoms with Crippen LogP contribution in [0.2, 0.25) is 0 Å². The van der Waals surface area contributed by atoms with Crippen LogP contribution in [0.3, 0.4) is 0 Å². The molecule has 2 amide bonds. The summed E-state index contributed by atoms with van der Waals surface area (Å²) in [6.45, 7) is 13.8. The van der Waals surface area contributed by atoms with Crippen LogP contribution in [0.15, 0.2) is 29.6 Å². The average Bonchev–Trinajstić information content (AvgIpc) is 3.55. The van der Waals surface area contributed by atoms with Crippen molar-refractivity contribution in [2.45, 2.75) is 91.9 Å². The fraction of sp³-hybridized carbons (Fsp3) is 0.613. The monoisotopic (exact) mass is 574 g/mol. The maximum atomic E-state index is 10.7. The number of hydrogen-bond acceptors (Lipinski definition) is 7. The molecule has 1 aliphatic heterocycles. The zero-order valence-corrected chi connectivity index (χ0v) is 26.9. The number of rotatable bonds is 6. The molecule has 2 fully saturated rings. The third-order valence-electron chi connectivity index (χ3n) is 6.33. The van der Waals surface area contributed by atoms with E-state index in [-0.39, 0.29) is 5.91 Å². The smallest absolute Gasteiger partial charge is 0.221 e. The number of amides is 2. The summed E-state index contributed by atoms with van der Waals surface area (Å²) in [5.74, 6) is 0.539. The van der Waals surface area contributed by atoms with Crippen LogP contribution in [-0.2, 0) is 21.4 Å². The molecule has 4 rings (SSSR count). The van der Waals surface area contributed by atoms with Crippen molar-refractivity contribution in [2.24, 2.45) is 11.7 Å². The highest BCUT2D eigenvalue weighted by atomic mass is 32.1. The largest absolute Gasteiger partial charge is 0.403 e. The zero-order chi connectivity index (χ0) is 30.6. The van der Waals surface area contributed by atoms with Crippen molar-refractivity contribution in [2.75, 3.05) is 27.2 Å². The molecule has 2 aliphatic carbocycles. The molecule has 226 valence electrons. The predicted molar refractivity (Wildman–Crippen MR) is 172 cm³/mol. The van der Waals surface area contributed by atoms with Gasteiger partial charge in [0.05, 0.1) is 16.4 Å². The van der Waals surface area contributed by atoms with E-state index in [4.69, 9.17) is 16.1 Å². The van der Waals surface area contributed by atoms with Crippen molar-refractivity contribution in [3.8, 4) is 0 Å². The Morgan fingerprint density at radius 2 is 1.98 bits per heavy atom. The standard InChI is InChI=1S/C11H13NS.C9H15N3O.C7H13NO.C2H7N.C2H6/c1-11(6-7-11)10-12-8-4-2-3-5-9(8)13-10;1-3-8(5-10)4-9(6-11)12-7(2)13;1-7-3-2-4-8(5-7)6-9;1-3-2;1-2/h2,4H,3,5-7H2,1H3;4-6,10H,3,11H2,1-2H3,(H,12,13);6-7H,2-5H2,1H3;3H,1-2H3;1-2H3/b;8-4-,9-6+,10-5?;;;. The van der Waals surface area contributed by atoms with Crippen molar-refractivity contribution in [1.29, 1.82) is 5.41 Å². The van der Waals surface area contributed by atoms with E-state index in [1.165, 1.54) is 73.4 Å². The number of thiazole rings is 1. The average molecular weight is 575 g/mol. The molecular weight excluding hydrogens is 520 g/mol. The Morgan fingerprint density at radius 3 is 2.40 bits per heavy atom. The van der Waals surface area contributed by atoms with Gasteiger partial charge in [0.15, 0.2) is 0 Å². The second-order valence-corrected chi connectivity index (χ2v) is 11.3. The second kappa shape index (κ2) is 21.0. The lowest BCUT2D eigenvalue weighted by Gasteiger charge is -2.27. The topological polar surface area (TPSA) is 124 Å². The van der Waals surface area contributed by atoms with Crippen LogP contribution < -0.4 is 16.4 Å². The Bertz CT molecular complexity index is 978. The van der Waals surface area contributed by atoms with Gasteiger partial charge in [-0.15, -0.1) is 11.3 Å². The highest BCUT2D eigenvalue weighted by Crippen LogP contribution is 2.49. The van der Waals surface area contributed by atoms with Crippen molar-refractivity contribution in [3.63, 3.8) is 0 Å². The number of aromatic nitrogens is 1. The van der Waals surface area contributed by atoms with Crippen molar-refractivity contribution in [1.82, 2.24) is 20.5 Å². The number of carbonyl (C=O) groups is 2. The highest BCUT2D eigenvalue weighted by molar-refractivity contribution is 7.12. The summed E-state index contributed by atoms with van der Waals surface area (Å²) in [4.78, 5) is 29.0. The van der Waals surface area contributed by atoms with Gasteiger partial charge < -0.3 is 26.7 Å². The SMILES string of the molecule is CC.CC/C(C=N)=C/C(=C\N)NC(C)=O.CC1(c2nc3c(s2)CCC=C3)CC1.CC1CCCN(C=O)C1.CNC. The number of allylic oxidation sites excluding steroid dienone is 3. The number of hydrogen-bond donors (Lipinski definition) is 4. The third kappa shape index (κ3) is 14.6. The maximum absolute atomic E-state index is 10.7. The van der Waals surface area contributed by atoms with Gasteiger partial charge in [0.2, 0.25) is 12.3 Å². The van der Waals surface area contributed by atoms with Crippen molar-refractivity contribution in [3.05, 3.63) is 45.2 Å². The Morgan fingerprint density at radius 1 is 1.32 bits per heavy atom. The van der Waals surface area contributed by atoms with Gasteiger partial charge >= 0.3 is 0 Å². The molecule has 0 bridgehead atoms. The molecule has 5 N–H and O–H groups in total. The lowest BCUT2D eigenvalue weighted by atomic mass is 10.0. The van der Waals surface area contributed by atoms with E-state index in [9.17, 15) is 9.59 Å². The van der Waals surface area contributed by atoms with E-state index < -0.39 is 0 Å². The fourth-order valence-electron chi connectivity index (χ4n) is 3.84. The molecule has 1 aromatic heterocycles. The first-order chi connectivity index (χ1) is 19.2. The molecule has 1 aromatic rings. The van der Waals surface area contributed by atoms with Gasteiger partial charge in [-0.3, -0.25) is 9.59 Å². The number of nitrogens with two attached hydrogens (primary N) is 1. The van der Waals surface area contributed by atoms with Gasteiger partial charge in [-0.2, -0.15) is 0 Å². The van der Waals surface area contributed by atoms with Crippen LogP contribution in [0, 0.1) is 11.3 Å². The number of aryl methyl sites for hydroxylation is 1. The summed E-state index contributed by atoms with van der Waals surface area (Å²) in [6.07, 6.45) is 17.9. The first-order valence-electron chi connectivity index (χ1n) is 14.5. The van der Waals surface area contributed by atoms with Gasteiger partial charge in [-0.05, 0) is 82.7 Å². The first-order valence-corrected chi connectivity index (χ1v) is 15.3. The van der Waals surface area contributed by atoms with Crippen LogP contribution in [-0.4, -0.2) is 55.6 Å². The summed E-state index contributed by atoms with van der Waals surface area (Å²) in [5.41, 5.74) is 8.32. The van der Waals surface area contributed by atoms with E-state index in [1.807, 2.05) is 51.1 Å². The van der Waals surface area contributed by atoms with Crippen molar-refractivity contribution >= 4 is 35.9 Å². The Balaban J connectivity index is 0.000000535. The zero-order valence-electron chi connectivity index (χ0n) is 26.1. The molecule has 0 aromatic carbocycles. The minimum Gasteiger partial charge on any atom is -0.403 e. The number of nitrogens with zero attached hydrogens (tertiary/aromatic N) is 2. The number of piperidine rings is 1. The highest BCUT2D eigenvalue weighted by Gasteiger charge is 2.42. The van der Waals surface area contributed by atoms with E-state index in [0.717, 1.165) is 31.5 Å². The van der Waals surface area contributed by atoms with Gasteiger partial charge in [0.25, 0.3) is 0 Å². The number of fused-ring (bicyclic) bond motifs is 1. The molecule has 0 spiro atoms. The van der Waals surface area contributed by atoms with Crippen LogP contribution in [0.1, 0.15) is 95.6 Å². The minimum atomic E-state index is -0.173. The molecule has 1 saturated carbocycles. The molecule has 8 nitrogen and oxygen atoms in total.